The molecule has 0 atom stereocenters. The van der Waals surface area contributed by atoms with Gasteiger partial charge in [0, 0.05) is 31.9 Å². The zero-order valence-electron chi connectivity index (χ0n) is 11.5. The zero-order valence-corrected chi connectivity index (χ0v) is 11.5. The number of anilines is 1. The van der Waals surface area contributed by atoms with Crippen molar-refractivity contribution in [3.05, 3.63) is 23.0 Å². The van der Waals surface area contributed by atoms with Gasteiger partial charge in [0.2, 0.25) is 0 Å². The summed E-state index contributed by atoms with van der Waals surface area (Å²) in [4.78, 5) is 8.87. The fourth-order valence-corrected chi connectivity index (χ4v) is 2.47. The molecule has 1 aliphatic heterocycles. The van der Waals surface area contributed by atoms with Crippen LogP contribution in [0.2, 0.25) is 0 Å². The van der Waals surface area contributed by atoms with E-state index in [0.29, 0.717) is 12.1 Å². The minimum atomic E-state index is 0.691. The van der Waals surface area contributed by atoms with Crippen molar-refractivity contribution >= 4 is 5.69 Å². The van der Waals surface area contributed by atoms with E-state index in [-0.39, 0.29) is 0 Å². The van der Waals surface area contributed by atoms with Gasteiger partial charge in [-0.05, 0) is 19.9 Å². The fourth-order valence-electron chi connectivity index (χ4n) is 2.47. The second kappa shape index (κ2) is 5.73. The summed E-state index contributed by atoms with van der Waals surface area (Å²) >= 11 is 0. The number of hydrogen-bond donors (Lipinski definition) is 0. The van der Waals surface area contributed by atoms with E-state index in [1.54, 1.807) is 0 Å². The average Bonchev–Trinajstić information content (AvgIpc) is 2.39. The van der Waals surface area contributed by atoms with E-state index in [4.69, 9.17) is 6.42 Å². The molecule has 2 rings (SSSR count). The molecule has 4 heteroatoms. The number of aromatic nitrogens is 1. The van der Waals surface area contributed by atoms with Crippen LogP contribution in [0.25, 0.3) is 0 Å². The van der Waals surface area contributed by atoms with Gasteiger partial charge in [-0.3, -0.25) is 9.88 Å². The van der Waals surface area contributed by atoms with Crippen LogP contribution in [0, 0.1) is 37.5 Å². The Kier molecular flexibility index (Phi) is 4.04. The first-order valence-electron chi connectivity index (χ1n) is 6.45. The molecule has 0 saturated carbocycles. The molecule has 1 fully saturated rings. The summed E-state index contributed by atoms with van der Waals surface area (Å²) in [6, 6.07) is 4.28. The van der Waals surface area contributed by atoms with Gasteiger partial charge in [0.1, 0.15) is 6.07 Å². The van der Waals surface area contributed by atoms with E-state index in [1.165, 1.54) is 0 Å². The fraction of sp³-hybridized carbons (Fsp3) is 0.467. The molecule has 0 bridgehead atoms. The number of hydrogen-bond acceptors (Lipinski definition) is 4. The Labute approximate surface area is 114 Å². The van der Waals surface area contributed by atoms with Crippen LogP contribution >= 0.6 is 0 Å². The maximum absolute atomic E-state index is 9.30. The topological polar surface area (TPSA) is 43.2 Å². The molecule has 1 saturated heterocycles. The van der Waals surface area contributed by atoms with E-state index in [1.807, 2.05) is 19.9 Å². The van der Waals surface area contributed by atoms with Crippen molar-refractivity contribution in [1.29, 1.82) is 5.26 Å². The summed E-state index contributed by atoms with van der Waals surface area (Å²) in [6.07, 6.45) is 5.33. The van der Waals surface area contributed by atoms with Crippen molar-refractivity contribution in [2.75, 3.05) is 37.6 Å². The van der Waals surface area contributed by atoms with E-state index in [9.17, 15) is 5.26 Å². The number of aryl methyl sites for hydroxylation is 2. The highest BCUT2D eigenvalue weighted by Crippen LogP contribution is 2.24. The molecule has 0 amide bonds. The smallest absolute Gasteiger partial charge is 0.103 e. The van der Waals surface area contributed by atoms with Gasteiger partial charge in [-0.2, -0.15) is 5.26 Å². The third kappa shape index (κ3) is 2.86. The lowest BCUT2D eigenvalue weighted by atomic mass is 10.1. The monoisotopic (exact) mass is 254 g/mol. The molecule has 0 N–H and O–H groups in total. The van der Waals surface area contributed by atoms with Crippen molar-refractivity contribution < 1.29 is 0 Å². The van der Waals surface area contributed by atoms with Crippen LogP contribution in [0.5, 0.6) is 0 Å². The van der Waals surface area contributed by atoms with Crippen LogP contribution in [0.15, 0.2) is 6.07 Å². The molecule has 0 aromatic carbocycles. The van der Waals surface area contributed by atoms with Gasteiger partial charge < -0.3 is 4.90 Å². The van der Waals surface area contributed by atoms with E-state index < -0.39 is 0 Å². The number of nitrogens with zero attached hydrogens (tertiary/aromatic N) is 4. The molecule has 19 heavy (non-hydrogen) atoms. The van der Waals surface area contributed by atoms with Gasteiger partial charge in [0.15, 0.2) is 0 Å². The lowest BCUT2D eigenvalue weighted by Crippen LogP contribution is -2.46. The average molecular weight is 254 g/mol. The van der Waals surface area contributed by atoms with Crippen molar-refractivity contribution in [1.82, 2.24) is 9.88 Å². The van der Waals surface area contributed by atoms with Crippen molar-refractivity contribution in [2.24, 2.45) is 0 Å². The lowest BCUT2D eigenvalue weighted by Gasteiger charge is -2.35. The Morgan fingerprint density at radius 3 is 2.58 bits per heavy atom. The number of pyridine rings is 1. The highest BCUT2D eigenvalue weighted by Gasteiger charge is 2.20. The summed E-state index contributed by atoms with van der Waals surface area (Å²) in [7, 11) is 0. The van der Waals surface area contributed by atoms with Crippen LogP contribution in [-0.2, 0) is 0 Å². The third-order valence-corrected chi connectivity index (χ3v) is 3.45. The van der Waals surface area contributed by atoms with Crippen molar-refractivity contribution in [3.8, 4) is 18.4 Å². The van der Waals surface area contributed by atoms with Gasteiger partial charge >= 0.3 is 0 Å². The Hall–Kier alpha value is -2.04. The molecule has 1 aromatic heterocycles. The Morgan fingerprint density at radius 1 is 1.32 bits per heavy atom. The summed E-state index contributed by atoms with van der Waals surface area (Å²) in [5.74, 6) is 2.68. The van der Waals surface area contributed by atoms with Crippen molar-refractivity contribution in [3.63, 3.8) is 0 Å². The predicted octanol–water partition coefficient (Wildman–Crippen LogP) is 1.33. The van der Waals surface area contributed by atoms with Crippen LogP contribution < -0.4 is 4.90 Å². The standard InChI is InChI=1S/C15H18N4/c1-4-5-18-6-8-19(9-7-18)15-10-12(2)17-13(3)14(15)11-16/h1,10H,5-9H2,2-3H3. The SMILES string of the molecule is C#CCN1CCN(c2cc(C)nc(C)c2C#N)CC1. The summed E-state index contributed by atoms with van der Waals surface area (Å²) in [5, 5.41) is 9.30. The van der Waals surface area contributed by atoms with E-state index in [0.717, 1.165) is 43.3 Å². The highest BCUT2D eigenvalue weighted by atomic mass is 15.3. The first kappa shape index (κ1) is 13.4. The number of nitriles is 1. The van der Waals surface area contributed by atoms with E-state index in [2.05, 4.69) is 26.8 Å². The number of terminal acetylenes is 1. The van der Waals surface area contributed by atoms with Gasteiger partial charge in [-0.25, -0.2) is 0 Å². The first-order valence-corrected chi connectivity index (χ1v) is 6.45. The van der Waals surface area contributed by atoms with E-state index >= 15 is 0 Å². The summed E-state index contributed by atoms with van der Waals surface area (Å²) in [5.41, 5.74) is 3.46. The molecule has 98 valence electrons. The summed E-state index contributed by atoms with van der Waals surface area (Å²) in [6.45, 7) is 8.24. The minimum absolute atomic E-state index is 0.691. The van der Waals surface area contributed by atoms with Crippen molar-refractivity contribution in [2.45, 2.75) is 13.8 Å². The van der Waals surface area contributed by atoms with Crippen LogP contribution in [0.3, 0.4) is 0 Å². The molecule has 2 heterocycles. The Bertz CT molecular complexity index is 542. The maximum atomic E-state index is 9.30. The molecular weight excluding hydrogens is 236 g/mol. The second-order valence-corrected chi connectivity index (χ2v) is 4.82. The lowest BCUT2D eigenvalue weighted by molar-refractivity contribution is 0.288. The third-order valence-electron chi connectivity index (χ3n) is 3.45. The number of piperazine rings is 1. The van der Waals surface area contributed by atoms with Crippen LogP contribution in [0.1, 0.15) is 17.0 Å². The Balaban J connectivity index is 2.20. The van der Waals surface area contributed by atoms with Gasteiger partial charge in [-0.15, -0.1) is 6.42 Å². The largest absolute Gasteiger partial charge is 0.368 e. The van der Waals surface area contributed by atoms with Crippen LogP contribution in [-0.4, -0.2) is 42.6 Å². The highest BCUT2D eigenvalue weighted by molar-refractivity contribution is 5.61. The summed E-state index contributed by atoms with van der Waals surface area (Å²) < 4.78 is 0. The molecule has 0 aliphatic carbocycles. The molecule has 0 unspecified atom stereocenters. The van der Waals surface area contributed by atoms with Gasteiger partial charge in [0.25, 0.3) is 0 Å². The zero-order chi connectivity index (χ0) is 13.8. The van der Waals surface area contributed by atoms with Gasteiger partial charge in [0.05, 0.1) is 23.5 Å². The Morgan fingerprint density at radius 2 is 2.00 bits per heavy atom. The number of rotatable bonds is 2. The normalized spacial score (nSPS) is 15.9. The minimum Gasteiger partial charge on any atom is -0.368 e. The second-order valence-electron chi connectivity index (χ2n) is 4.82. The van der Waals surface area contributed by atoms with Crippen LogP contribution in [0.4, 0.5) is 5.69 Å². The molecule has 0 spiro atoms. The molecule has 0 radical (unpaired) electrons. The molecule has 1 aromatic rings. The van der Waals surface area contributed by atoms with Gasteiger partial charge in [-0.1, -0.05) is 5.92 Å². The molecular formula is C15H18N4. The quantitative estimate of drug-likeness (QED) is 0.747. The maximum Gasteiger partial charge on any atom is 0.103 e. The molecule has 1 aliphatic rings. The molecule has 4 nitrogen and oxygen atoms in total. The first-order chi connectivity index (χ1) is 9.15. The predicted molar refractivity (Wildman–Crippen MR) is 75.9 cm³/mol.